The van der Waals surface area contributed by atoms with Gasteiger partial charge in [0.25, 0.3) is 5.91 Å². The quantitative estimate of drug-likeness (QED) is 0.863. The van der Waals surface area contributed by atoms with Gasteiger partial charge in [-0.2, -0.15) is 0 Å². The molecule has 1 aromatic carbocycles. The third-order valence-corrected chi connectivity index (χ3v) is 3.41. The van der Waals surface area contributed by atoms with E-state index in [1.165, 1.54) is 0 Å². The summed E-state index contributed by atoms with van der Waals surface area (Å²) in [5.74, 6) is -0.283. The van der Waals surface area contributed by atoms with Crippen molar-refractivity contribution in [3.05, 3.63) is 35.9 Å². The smallest absolute Gasteiger partial charge is 0.251 e. The molecule has 0 spiro atoms. The van der Waals surface area contributed by atoms with E-state index in [0.29, 0.717) is 12.1 Å². The van der Waals surface area contributed by atoms with Crippen molar-refractivity contribution in [1.82, 2.24) is 10.2 Å². The lowest BCUT2D eigenvalue weighted by atomic mass is 10.2. The van der Waals surface area contributed by atoms with Crippen molar-refractivity contribution in [1.29, 1.82) is 0 Å². The molecule has 5 nitrogen and oxygen atoms in total. The number of hydrogen-bond acceptors (Lipinski definition) is 3. The molecular weight excluding hydrogens is 278 g/mol. The molecule has 2 amide bonds. The number of nitrogens with two attached hydrogens (primary N) is 1. The minimum Gasteiger partial charge on any atom is -0.343 e. The fourth-order valence-electron chi connectivity index (χ4n) is 2.36. The predicted molar refractivity (Wildman–Crippen MR) is 79.8 cm³/mol. The summed E-state index contributed by atoms with van der Waals surface area (Å²) in [7, 11) is 0. The minimum atomic E-state index is -0.225. The van der Waals surface area contributed by atoms with Crippen molar-refractivity contribution in [2.24, 2.45) is 5.73 Å². The fourth-order valence-corrected chi connectivity index (χ4v) is 2.36. The van der Waals surface area contributed by atoms with Gasteiger partial charge in [0.05, 0.1) is 6.54 Å². The van der Waals surface area contributed by atoms with Crippen LogP contribution in [-0.4, -0.2) is 42.4 Å². The Balaban J connectivity index is 0.00000200. The van der Waals surface area contributed by atoms with E-state index in [1.807, 2.05) is 6.07 Å². The Hall–Kier alpha value is -1.59. The number of carbonyl (C=O) groups is 2. The van der Waals surface area contributed by atoms with Crippen LogP contribution < -0.4 is 11.1 Å². The Bertz CT molecular complexity index is 453. The van der Waals surface area contributed by atoms with Crippen LogP contribution >= 0.6 is 12.4 Å². The summed E-state index contributed by atoms with van der Waals surface area (Å²) >= 11 is 0. The van der Waals surface area contributed by atoms with Crippen molar-refractivity contribution < 1.29 is 9.59 Å². The zero-order valence-corrected chi connectivity index (χ0v) is 12.1. The minimum absolute atomic E-state index is 0. The Labute approximate surface area is 124 Å². The molecule has 20 heavy (non-hydrogen) atoms. The van der Waals surface area contributed by atoms with Crippen LogP contribution in [0, 0.1) is 0 Å². The highest BCUT2D eigenvalue weighted by Crippen LogP contribution is 2.15. The van der Waals surface area contributed by atoms with Crippen LogP contribution in [0.4, 0.5) is 0 Å². The van der Waals surface area contributed by atoms with E-state index in [4.69, 9.17) is 5.73 Å². The Morgan fingerprint density at radius 2 is 2.00 bits per heavy atom. The zero-order valence-electron chi connectivity index (χ0n) is 11.2. The highest BCUT2D eigenvalue weighted by Gasteiger charge is 2.27. The van der Waals surface area contributed by atoms with E-state index in [1.54, 1.807) is 29.2 Å². The second-order valence-electron chi connectivity index (χ2n) is 4.67. The van der Waals surface area contributed by atoms with Crippen molar-refractivity contribution in [3.63, 3.8) is 0 Å². The molecular formula is C14H20ClN3O2. The maximum absolute atomic E-state index is 12.0. The van der Waals surface area contributed by atoms with E-state index in [2.05, 4.69) is 5.32 Å². The van der Waals surface area contributed by atoms with E-state index in [0.717, 1.165) is 19.4 Å². The monoisotopic (exact) mass is 297 g/mol. The van der Waals surface area contributed by atoms with Gasteiger partial charge in [0, 0.05) is 24.7 Å². The van der Waals surface area contributed by atoms with Gasteiger partial charge < -0.3 is 16.0 Å². The number of halogens is 1. The van der Waals surface area contributed by atoms with Crippen LogP contribution in [0.1, 0.15) is 23.2 Å². The molecule has 0 radical (unpaired) electrons. The molecule has 0 bridgehead atoms. The molecule has 1 fully saturated rings. The lowest BCUT2D eigenvalue weighted by molar-refractivity contribution is -0.130. The second-order valence-corrected chi connectivity index (χ2v) is 4.67. The standard InChI is InChI=1S/C14H19N3O2.ClH/c15-9-12-7-4-8-17(12)13(18)10-16-14(19)11-5-2-1-3-6-11;/h1-3,5-6,12H,4,7-10,15H2,(H,16,19);1H. The summed E-state index contributed by atoms with van der Waals surface area (Å²) in [6, 6.07) is 9.00. The molecule has 0 aliphatic carbocycles. The highest BCUT2D eigenvalue weighted by molar-refractivity contribution is 5.96. The molecule has 2 rings (SSSR count). The average molecular weight is 298 g/mol. The topological polar surface area (TPSA) is 75.4 Å². The van der Waals surface area contributed by atoms with Gasteiger partial charge in [0.1, 0.15) is 0 Å². The molecule has 3 N–H and O–H groups in total. The number of amides is 2. The molecule has 1 atom stereocenters. The van der Waals surface area contributed by atoms with Gasteiger partial charge in [-0.25, -0.2) is 0 Å². The van der Waals surface area contributed by atoms with Crippen molar-refractivity contribution >= 4 is 24.2 Å². The number of hydrogen-bond donors (Lipinski definition) is 2. The molecule has 1 heterocycles. The number of likely N-dealkylation sites (tertiary alicyclic amines) is 1. The molecule has 0 aromatic heterocycles. The molecule has 6 heteroatoms. The first kappa shape index (κ1) is 16.5. The van der Waals surface area contributed by atoms with Gasteiger partial charge in [-0.1, -0.05) is 18.2 Å². The highest BCUT2D eigenvalue weighted by atomic mass is 35.5. The molecule has 110 valence electrons. The number of benzene rings is 1. The number of nitrogens with zero attached hydrogens (tertiary/aromatic N) is 1. The van der Waals surface area contributed by atoms with Gasteiger partial charge in [-0.3, -0.25) is 9.59 Å². The normalized spacial score (nSPS) is 17.4. The SMILES string of the molecule is Cl.NCC1CCCN1C(=O)CNC(=O)c1ccccc1. The van der Waals surface area contributed by atoms with E-state index in [9.17, 15) is 9.59 Å². The van der Waals surface area contributed by atoms with Crippen molar-refractivity contribution in [2.45, 2.75) is 18.9 Å². The Kier molecular flexibility index (Phi) is 6.48. The molecule has 1 saturated heterocycles. The van der Waals surface area contributed by atoms with Crippen LogP contribution in [0.2, 0.25) is 0 Å². The van der Waals surface area contributed by atoms with Gasteiger partial charge >= 0.3 is 0 Å². The van der Waals surface area contributed by atoms with Crippen LogP contribution in [-0.2, 0) is 4.79 Å². The summed E-state index contributed by atoms with van der Waals surface area (Å²) in [5.41, 5.74) is 6.19. The van der Waals surface area contributed by atoms with Gasteiger partial charge in [-0.15, -0.1) is 12.4 Å². The second kappa shape index (κ2) is 7.87. The number of nitrogens with one attached hydrogen (secondary N) is 1. The first-order valence-corrected chi connectivity index (χ1v) is 6.55. The molecule has 1 unspecified atom stereocenters. The molecule has 0 saturated carbocycles. The summed E-state index contributed by atoms with van der Waals surface area (Å²) < 4.78 is 0. The summed E-state index contributed by atoms with van der Waals surface area (Å²) in [5, 5.41) is 2.65. The maximum atomic E-state index is 12.0. The Morgan fingerprint density at radius 1 is 1.30 bits per heavy atom. The van der Waals surface area contributed by atoms with E-state index < -0.39 is 0 Å². The van der Waals surface area contributed by atoms with Gasteiger partial charge in [-0.05, 0) is 25.0 Å². The van der Waals surface area contributed by atoms with Crippen LogP contribution in [0.15, 0.2) is 30.3 Å². The maximum Gasteiger partial charge on any atom is 0.251 e. The summed E-state index contributed by atoms with van der Waals surface area (Å²) in [6.07, 6.45) is 1.94. The third kappa shape index (κ3) is 3.95. The lowest BCUT2D eigenvalue weighted by Crippen LogP contribution is -2.45. The van der Waals surface area contributed by atoms with Crippen molar-refractivity contribution in [3.8, 4) is 0 Å². The zero-order chi connectivity index (χ0) is 13.7. The largest absolute Gasteiger partial charge is 0.343 e. The molecule has 1 aliphatic heterocycles. The van der Waals surface area contributed by atoms with Crippen molar-refractivity contribution in [2.75, 3.05) is 19.6 Å². The first-order valence-electron chi connectivity index (χ1n) is 6.55. The van der Waals surface area contributed by atoms with E-state index in [-0.39, 0.29) is 36.8 Å². The number of carbonyl (C=O) groups excluding carboxylic acids is 2. The van der Waals surface area contributed by atoms with Crippen LogP contribution in [0.5, 0.6) is 0 Å². The molecule has 1 aliphatic rings. The predicted octanol–water partition coefficient (Wildman–Crippen LogP) is 0.788. The summed E-state index contributed by atoms with van der Waals surface area (Å²) in [4.78, 5) is 25.6. The summed E-state index contributed by atoms with van der Waals surface area (Å²) in [6.45, 7) is 1.25. The van der Waals surface area contributed by atoms with Crippen LogP contribution in [0.25, 0.3) is 0 Å². The third-order valence-electron chi connectivity index (χ3n) is 3.41. The van der Waals surface area contributed by atoms with Gasteiger partial charge in [0.15, 0.2) is 0 Å². The lowest BCUT2D eigenvalue weighted by Gasteiger charge is -2.23. The fraction of sp³-hybridized carbons (Fsp3) is 0.429. The molecule has 1 aromatic rings. The Morgan fingerprint density at radius 3 is 2.65 bits per heavy atom. The average Bonchev–Trinajstić information content (AvgIpc) is 2.93. The van der Waals surface area contributed by atoms with E-state index >= 15 is 0 Å². The van der Waals surface area contributed by atoms with Gasteiger partial charge in [0.2, 0.25) is 5.91 Å². The van der Waals surface area contributed by atoms with Crippen LogP contribution in [0.3, 0.4) is 0 Å². The number of rotatable bonds is 4. The first-order chi connectivity index (χ1) is 9.22.